The molecule has 4 fully saturated rings. The van der Waals surface area contributed by atoms with Crippen molar-refractivity contribution >= 4 is 17.8 Å². The highest BCUT2D eigenvalue weighted by molar-refractivity contribution is 5.96. The quantitative estimate of drug-likeness (QED) is 0.717. The molecule has 1 aromatic rings. The molecule has 7 heteroatoms. The van der Waals surface area contributed by atoms with E-state index in [0.29, 0.717) is 17.8 Å². The van der Waals surface area contributed by atoms with Crippen LogP contribution in [-0.4, -0.2) is 36.0 Å². The summed E-state index contributed by atoms with van der Waals surface area (Å²) in [4.78, 5) is 36.6. The Morgan fingerprint density at radius 2 is 1.69 bits per heavy atom. The number of halogens is 1. The average Bonchev–Trinajstić information content (AvgIpc) is 2.65. The molecule has 2 N–H and O–H groups in total. The van der Waals surface area contributed by atoms with Gasteiger partial charge in [-0.2, -0.15) is 0 Å². The standard InChI is InChI=1S/C22H27FN2O4/c1-13(29-19(26)12-24-21(28)17-4-2-3-5-18(17)23)20(27)25-22-9-14-6-15(10-22)8-16(7-14)11-22/h2-5,13-16H,6-12H2,1H3,(H,24,28)(H,25,27)/t13-,14?,15?,16?,22?/m0/s1. The molecule has 6 nitrogen and oxygen atoms in total. The second-order valence-corrected chi connectivity index (χ2v) is 8.98. The number of nitrogens with one attached hydrogen (secondary N) is 2. The van der Waals surface area contributed by atoms with Gasteiger partial charge in [-0.15, -0.1) is 0 Å². The Morgan fingerprint density at radius 3 is 2.28 bits per heavy atom. The molecule has 0 aromatic heterocycles. The molecular weight excluding hydrogens is 375 g/mol. The maximum absolute atomic E-state index is 13.6. The van der Waals surface area contributed by atoms with E-state index in [0.717, 1.165) is 19.3 Å². The molecule has 5 rings (SSSR count). The van der Waals surface area contributed by atoms with Crippen LogP contribution in [0.5, 0.6) is 0 Å². The van der Waals surface area contributed by atoms with Crippen molar-refractivity contribution in [3.05, 3.63) is 35.6 Å². The number of carbonyl (C=O) groups is 3. The second-order valence-electron chi connectivity index (χ2n) is 8.98. The lowest BCUT2D eigenvalue weighted by Gasteiger charge is -2.57. The van der Waals surface area contributed by atoms with Crippen molar-refractivity contribution in [3.63, 3.8) is 0 Å². The van der Waals surface area contributed by atoms with Crippen molar-refractivity contribution in [2.24, 2.45) is 17.8 Å². The summed E-state index contributed by atoms with van der Waals surface area (Å²) in [5, 5.41) is 5.50. The van der Waals surface area contributed by atoms with Crippen molar-refractivity contribution in [3.8, 4) is 0 Å². The van der Waals surface area contributed by atoms with Crippen LogP contribution in [0.4, 0.5) is 4.39 Å². The SMILES string of the molecule is C[C@H](OC(=O)CNC(=O)c1ccccc1F)C(=O)NC12CC3CC(CC(C3)C1)C2. The zero-order chi connectivity index (χ0) is 20.6. The minimum Gasteiger partial charge on any atom is -0.451 e. The smallest absolute Gasteiger partial charge is 0.326 e. The monoisotopic (exact) mass is 402 g/mol. The molecule has 0 unspecified atom stereocenters. The summed E-state index contributed by atoms with van der Waals surface area (Å²) in [5.74, 6) is -0.287. The zero-order valence-electron chi connectivity index (χ0n) is 16.6. The third-order valence-corrected chi connectivity index (χ3v) is 6.62. The maximum Gasteiger partial charge on any atom is 0.326 e. The van der Waals surface area contributed by atoms with Gasteiger partial charge < -0.3 is 15.4 Å². The number of esters is 1. The first-order valence-electron chi connectivity index (χ1n) is 10.4. The molecule has 0 heterocycles. The molecule has 4 bridgehead atoms. The van der Waals surface area contributed by atoms with Crippen LogP contribution in [-0.2, 0) is 14.3 Å². The number of ether oxygens (including phenoxy) is 1. The highest BCUT2D eigenvalue weighted by Gasteiger charge is 2.51. The molecule has 2 amide bonds. The van der Waals surface area contributed by atoms with Crippen LogP contribution < -0.4 is 10.6 Å². The van der Waals surface area contributed by atoms with Crippen molar-refractivity contribution < 1.29 is 23.5 Å². The van der Waals surface area contributed by atoms with E-state index in [2.05, 4.69) is 10.6 Å². The fraction of sp³-hybridized carbons (Fsp3) is 0.591. The maximum atomic E-state index is 13.6. The lowest BCUT2D eigenvalue weighted by molar-refractivity contribution is -0.155. The third kappa shape index (κ3) is 4.28. The number of carbonyl (C=O) groups excluding carboxylic acids is 3. The zero-order valence-corrected chi connectivity index (χ0v) is 16.6. The summed E-state index contributed by atoms with van der Waals surface area (Å²) < 4.78 is 18.8. The van der Waals surface area contributed by atoms with Crippen LogP contribution in [0.3, 0.4) is 0 Å². The van der Waals surface area contributed by atoms with Gasteiger partial charge in [0, 0.05) is 5.54 Å². The Labute approximate surface area is 169 Å². The van der Waals surface area contributed by atoms with Gasteiger partial charge in [-0.05, 0) is 75.3 Å². The van der Waals surface area contributed by atoms with E-state index in [4.69, 9.17) is 4.74 Å². The first kappa shape index (κ1) is 19.9. The van der Waals surface area contributed by atoms with Crippen LogP contribution in [0, 0.1) is 23.6 Å². The summed E-state index contributed by atoms with van der Waals surface area (Å²) in [6, 6.07) is 5.51. The Hall–Kier alpha value is -2.44. The molecule has 0 aliphatic heterocycles. The average molecular weight is 402 g/mol. The van der Waals surface area contributed by atoms with E-state index < -0.39 is 30.3 Å². The predicted octanol–water partition coefficient (Wildman–Crippen LogP) is 2.57. The summed E-state index contributed by atoms with van der Waals surface area (Å²) in [6.07, 6.45) is 5.95. The minimum atomic E-state index is -0.944. The van der Waals surface area contributed by atoms with E-state index in [9.17, 15) is 18.8 Å². The lowest BCUT2D eigenvalue weighted by Crippen LogP contribution is -2.61. The third-order valence-electron chi connectivity index (χ3n) is 6.62. The highest BCUT2D eigenvalue weighted by atomic mass is 19.1. The van der Waals surface area contributed by atoms with E-state index in [1.54, 1.807) is 0 Å². The number of benzene rings is 1. The van der Waals surface area contributed by atoms with Crippen LogP contribution in [0.2, 0.25) is 0 Å². The Balaban J connectivity index is 1.26. The van der Waals surface area contributed by atoms with Crippen LogP contribution >= 0.6 is 0 Å². The summed E-state index contributed by atoms with van der Waals surface area (Å²) in [5.41, 5.74) is -0.293. The predicted molar refractivity (Wildman–Crippen MR) is 103 cm³/mol. The van der Waals surface area contributed by atoms with E-state index in [1.165, 1.54) is 50.5 Å². The second kappa shape index (κ2) is 7.76. The van der Waals surface area contributed by atoms with Crippen molar-refractivity contribution in [2.45, 2.75) is 57.1 Å². The Kier molecular flexibility index (Phi) is 5.32. The van der Waals surface area contributed by atoms with Gasteiger partial charge in [-0.3, -0.25) is 14.4 Å². The van der Waals surface area contributed by atoms with Gasteiger partial charge in [0.25, 0.3) is 11.8 Å². The topological polar surface area (TPSA) is 84.5 Å². The first-order chi connectivity index (χ1) is 13.8. The molecule has 1 aromatic carbocycles. The lowest BCUT2D eigenvalue weighted by atomic mass is 9.53. The van der Waals surface area contributed by atoms with Gasteiger partial charge in [-0.1, -0.05) is 12.1 Å². The van der Waals surface area contributed by atoms with Crippen molar-refractivity contribution in [2.75, 3.05) is 6.54 Å². The van der Waals surface area contributed by atoms with E-state index in [-0.39, 0.29) is 17.0 Å². The molecule has 4 aliphatic carbocycles. The minimum absolute atomic E-state index is 0.145. The van der Waals surface area contributed by atoms with Crippen LogP contribution in [0.15, 0.2) is 24.3 Å². The first-order valence-corrected chi connectivity index (χ1v) is 10.4. The summed E-state index contributed by atoms with van der Waals surface area (Å²) in [7, 11) is 0. The van der Waals surface area contributed by atoms with Gasteiger partial charge in [0.1, 0.15) is 12.4 Å². The molecule has 0 radical (unpaired) electrons. The molecule has 0 spiro atoms. The fourth-order valence-corrected chi connectivity index (χ4v) is 5.81. The molecule has 4 saturated carbocycles. The number of hydrogen-bond acceptors (Lipinski definition) is 4. The van der Waals surface area contributed by atoms with Gasteiger partial charge in [-0.25, -0.2) is 4.39 Å². The van der Waals surface area contributed by atoms with Crippen molar-refractivity contribution in [1.29, 1.82) is 0 Å². The van der Waals surface area contributed by atoms with Crippen LogP contribution in [0.1, 0.15) is 55.8 Å². The van der Waals surface area contributed by atoms with Crippen molar-refractivity contribution in [1.82, 2.24) is 10.6 Å². The van der Waals surface area contributed by atoms with Gasteiger partial charge in [0.15, 0.2) is 6.10 Å². The number of amides is 2. The number of hydrogen-bond donors (Lipinski definition) is 2. The summed E-state index contributed by atoms with van der Waals surface area (Å²) >= 11 is 0. The molecule has 156 valence electrons. The van der Waals surface area contributed by atoms with Gasteiger partial charge >= 0.3 is 5.97 Å². The van der Waals surface area contributed by atoms with E-state index in [1.807, 2.05) is 0 Å². The molecule has 0 saturated heterocycles. The summed E-state index contributed by atoms with van der Waals surface area (Å²) in [6.45, 7) is 1.11. The van der Waals surface area contributed by atoms with Gasteiger partial charge in [0.05, 0.1) is 5.56 Å². The highest BCUT2D eigenvalue weighted by Crippen LogP contribution is 2.55. The molecule has 4 aliphatic rings. The normalized spacial score (nSPS) is 30.5. The van der Waals surface area contributed by atoms with Gasteiger partial charge in [0.2, 0.25) is 0 Å². The fourth-order valence-electron chi connectivity index (χ4n) is 5.81. The Morgan fingerprint density at radius 1 is 1.10 bits per heavy atom. The molecular formula is C22H27FN2O4. The Bertz CT molecular complexity index is 790. The molecule has 29 heavy (non-hydrogen) atoms. The van der Waals surface area contributed by atoms with Crippen LogP contribution in [0.25, 0.3) is 0 Å². The number of rotatable bonds is 6. The van der Waals surface area contributed by atoms with E-state index >= 15 is 0 Å². The molecule has 1 atom stereocenters. The largest absolute Gasteiger partial charge is 0.451 e.